The van der Waals surface area contributed by atoms with Crippen LogP contribution in [0.1, 0.15) is 40.3 Å². The SMILES string of the molecule is CCNC(=NCCc1ccccn1)N1CC(C)(C)C1(C)C. The number of aliphatic imine (C=N–C) groups is 1. The predicted molar refractivity (Wildman–Crippen MR) is 88.5 cm³/mol. The molecule has 21 heavy (non-hydrogen) atoms. The van der Waals surface area contributed by atoms with Gasteiger partial charge in [0.1, 0.15) is 0 Å². The van der Waals surface area contributed by atoms with Crippen LogP contribution in [-0.4, -0.2) is 41.0 Å². The first-order valence-electron chi connectivity index (χ1n) is 7.84. The second-order valence-corrected chi connectivity index (χ2v) is 6.84. The fraction of sp³-hybridized carbons (Fsp3) is 0.647. The molecule has 2 rings (SSSR count). The molecule has 0 spiro atoms. The Morgan fingerprint density at radius 2 is 2.10 bits per heavy atom. The van der Waals surface area contributed by atoms with Crippen molar-refractivity contribution in [3.05, 3.63) is 30.1 Å². The molecule has 1 saturated heterocycles. The number of nitrogens with zero attached hydrogens (tertiary/aromatic N) is 3. The van der Waals surface area contributed by atoms with Crippen molar-refractivity contribution in [1.82, 2.24) is 15.2 Å². The van der Waals surface area contributed by atoms with Gasteiger partial charge in [-0.05, 0) is 32.9 Å². The van der Waals surface area contributed by atoms with Crippen molar-refractivity contribution in [3.63, 3.8) is 0 Å². The first-order valence-corrected chi connectivity index (χ1v) is 7.84. The van der Waals surface area contributed by atoms with Crippen LogP contribution in [0.15, 0.2) is 29.4 Å². The largest absolute Gasteiger partial charge is 0.356 e. The van der Waals surface area contributed by atoms with E-state index in [1.54, 1.807) is 0 Å². The van der Waals surface area contributed by atoms with E-state index in [4.69, 9.17) is 4.99 Å². The molecule has 1 aliphatic heterocycles. The van der Waals surface area contributed by atoms with Crippen LogP contribution in [0, 0.1) is 5.41 Å². The van der Waals surface area contributed by atoms with Gasteiger partial charge in [0, 0.05) is 48.9 Å². The van der Waals surface area contributed by atoms with E-state index < -0.39 is 0 Å². The van der Waals surface area contributed by atoms with Crippen molar-refractivity contribution in [2.45, 2.75) is 46.6 Å². The van der Waals surface area contributed by atoms with E-state index in [0.717, 1.165) is 37.7 Å². The van der Waals surface area contributed by atoms with Gasteiger partial charge in [0.25, 0.3) is 0 Å². The molecule has 0 unspecified atom stereocenters. The van der Waals surface area contributed by atoms with Crippen LogP contribution in [0.25, 0.3) is 0 Å². The second-order valence-electron chi connectivity index (χ2n) is 6.84. The molecule has 0 aliphatic carbocycles. The standard InChI is InChI=1S/C17H28N4/c1-6-18-15(21-13-16(2,3)17(21,4)5)20-12-10-14-9-7-8-11-19-14/h7-9,11H,6,10,12-13H2,1-5H3,(H,18,20). The van der Waals surface area contributed by atoms with Crippen LogP contribution in [0.4, 0.5) is 0 Å². The molecule has 1 aliphatic rings. The second kappa shape index (κ2) is 6.04. The van der Waals surface area contributed by atoms with Gasteiger partial charge < -0.3 is 10.2 Å². The van der Waals surface area contributed by atoms with Crippen molar-refractivity contribution < 1.29 is 0 Å². The maximum atomic E-state index is 4.78. The first-order chi connectivity index (χ1) is 9.88. The molecule has 4 nitrogen and oxygen atoms in total. The highest BCUT2D eigenvalue weighted by molar-refractivity contribution is 5.82. The summed E-state index contributed by atoms with van der Waals surface area (Å²) in [6.07, 6.45) is 2.72. The average molecular weight is 288 g/mol. The highest BCUT2D eigenvalue weighted by Gasteiger charge is 2.53. The lowest BCUT2D eigenvalue weighted by molar-refractivity contribution is -0.0667. The monoisotopic (exact) mass is 288 g/mol. The van der Waals surface area contributed by atoms with Gasteiger partial charge in [-0.2, -0.15) is 0 Å². The Morgan fingerprint density at radius 1 is 1.33 bits per heavy atom. The Bertz CT molecular complexity index is 491. The lowest BCUT2D eigenvalue weighted by Crippen LogP contribution is -2.72. The van der Waals surface area contributed by atoms with E-state index in [0.29, 0.717) is 5.41 Å². The van der Waals surface area contributed by atoms with Crippen LogP contribution in [0.5, 0.6) is 0 Å². The number of rotatable bonds is 4. The van der Waals surface area contributed by atoms with Crippen molar-refractivity contribution in [2.24, 2.45) is 10.4 Å². The van der Waals surface area contributed by atoms with E-state index in [2.05, 4.69) is 55.9 Å². The maximum absolute atomic E-state index is 4.78. The summed E-state index contributed by atoms with van der Waals surface area (Å²) in [6.45, 7) is 14.1. The molecule has 0 bridgehead atoms. The fourth-order valence-electron chi connectivity index (χ4n) is 2.62. The minimum absolute atomic E-state index is 0.138. The topological polar surface area (TPSA) is 40.5 Å². The lowest BCUT2D eigenvalue weighted by atomic mass is 9.65. The third-order valence-electron chi connectivity index (χ3n) is 4.83. The molecule has 0 aromatic carbocycles. The van der Waals surface area contributed by atoms with Crippen LogP contribution >= 0.6 is 0 Å². The lowest BCUT2D eigenvalue weighted by Gasteiger charge is -2.62. The van der Waals surface area contributed by atoms with Crippen molar-refractivity contribution in [1.29, 1.82) is 0 Å². The molecule has 1 N–H and O–H groups in total. The van der Waals surface area contributed by atoms with Crippen LogP contribution in [0.3, 0.4) is 0 Å². The van der Waals surface area contributed by atoms with Gasteiger partial charge in [0.05, 0.1) is 0 Å². The molecule has 1 aromatic heterocycles. The summed E-state index contributed by atoms with van der Waals surface area (Å²) in [5.74, 6) is 1.03. The van der Waals surface area contributed by atoms with Gasteiger partial charge in [-0.15, -0.1) is 0 Å². The zero-order chi connectivity index (χ0) is 15.5. The number of likely N-dealkylation sites (tertiary alicyclic amines) is 1. The van der Waals surface area contributed by atoms with Crippen molar-refractivity contribution in [3.8, 4) is 0 Å². The highest BCUT2D eigenvalue weighted by atomic mass is 15.4. The van der Waals surface area contributed by atoms with Gasteiger partial charge >= 0.3 is 0 Å². The summed E-state index contributed by atoms with van der Waals surface area (Å²) in [5.41, 5.74) is 1.56. The Kier molecular flexibility index (Phi) is 4.55. The number of pyridine rings is 1. The molecule has 0 radical (unpaired) electrons. The quantitative estimate of drug-likeness (QED) is 0.684. The summed E-state index contributed by atoms with van der Waals surface area (Å²) >= 11 is 0. The summed E-state index contributed by atoms with van der Waals surface area (Å²) < 4.78 is 0. The number of aromatic nitrogens is 1. The molecule has 0 atom stereocenters. The van der Waals surface area contributed by atoms with Gasteiger partial charge in [-0.25, -0.2) is 0 Å². The van der Waals surface area contributed by atoms with Gasteiger partial charge in [0.15, 0.2) is 5.96 Å². The molecule has 4 heteroatoms. The Labute approximate surface area is 128 Å². The summed E-state index contributed by atoms with van der Waals surface area (Å²) in [4.78, 5) is 11.5. The molecular weight excluding hydrogens is 260 g/mol. The van der Waals surface area contributed by atoms with E-state index in [1.165, 1.54) is 0 Å². The summed E-state index contributed by atoms with van der Waals surface area (Å²) in [5, 5.41) is 3.42. The molecular formula is C17H28N4. The fourth-order valence-corrected chi connectivity index (χ4v) is 2.62. The number of nitrogens with one attached hydrogen (secondary N) is 1. The van der Waals surface area contributed by atoms with Gasteiger partial charge in [-0.1, -0.05) is 19.9 Å². The van der Waals surface area contributed by atoms with Crippen LogP contribution in [0.2, 0.25) is 0 Å². The molecule has 2 heterocycles. The summed E-state index contributed by atoms with van der Waals surface area (Å²) in [6, 6.07) is 6.03. The number of hydrogen-bond acceptors (Lipinski definition) is 2. The van der Waals surface area contributed by atoms with E-state index in [9.17, 15) is 0 Å². The zero-order valence-electron chi connectivity index (χ0n) is 14.0. The number of hydrogen-bond donors (Lipinski definition) is 1. The van der Waals surface area contributed by atoms with Crippen molar-refractivity contribution in [2.75, 3.05) is 19.6 Å². The third-order valence-corrected chi connectivity index (χ3v) is 4.83. The predicted octanol–water partition coefficient (Wildman–Crippen LogP) is 2.71. The van der Waals surface area contributed by atoms with Crippen LogP contribution in [-0.2, 0) is 6.42 Å². The Morgan fingerprint density at radius 3 is 2.62 bits per heavy atom. The van der Waals surface area contributed by atoms with Gasteiger partial charge in [0.2, 0.25) is 0 Å². The number of guanidine groups is 1. The minimum Gasteiger partial charge on any atom is -0.356 e. The molecule has 1 fully saturated rings. The molecule has 1 aromatic rings. The van der Waals surface area contributed by atoms with E-state index in [-0.39, 0.29) is 5.54 Å². The van der Waals surface area contributed by atoms with E-state index in [1.807, 2.05) is 18.3 Å². The Hall–Kier alpha value is -1.58. The maximum Gasteiger partial charge on any atom is 0.194 e. The van der Waals surface area contributed by atoms with E-state index >= 15 is 0 Å². The van der Waals surface area contributed by atoms with Gasteiger partial charge in [-0.3, -0.25) is 9.98 Å². The first kappa shape index (κ1) is 15.8. The normalized spacial score (nSPS) is 20.0. The smallest absolute Gasteiger partial charge is 0.194 e. The minimum atomic E-state index is 0.138. The Balaban J connectivity index is 2.01. The molecule has 0 amide bonds. The van der Waals surface area contributed by atoms with Crippen LogP contribution < -0.4 is 5.32 Å². The molecule has 0 saturated carbocycles. The highest BCUT2D eigenvalue weighted by Crippen LogP contribution is 2.46. The van der Waals surface area contributed by atoms with Crippen molar-refractivity contribution >= 4 is 5.96 Å². The molecule has 116 valence electrons. The zero-order valence-corrected chi connectivity index (χ0v) is 14.0. The summed E-state index contributed by atoms with van der Waals surface area (Å²) in [7, 11) is 0. The third kappa shape index (κ3) is 3.20. The average Bonchev–Trinajstić information content (AvgIpc) is 2.45.